The topological polar surface area (TPSA) is 135 Å². The number of aryl methyl sites for hydroxylation is 1. The quantitative estimate of drug-likeness (QED) is 0.279. The third kappa shape index (κ3) is 8.81. The molecule has 0 unspecified atom stereocenters. The Balaban J connectivity index is 1.77. The number of sulfonamides is 1. The van der Waals surface area contributed by atoms with Crippen LogP contribution in [0.3, 0.4) is 0 Å². The van der Waals surface area contributed by atoms with Crippen LogP contribution in [0.5, 0.6) is 0 Å². The molecule has 1 amide bonds. The first-order valence-electron chi connectivity index (χ1n) is 12.0. The molecule has 2 aromatic carbocycles. The molecule has 1 heterocycles. The van der Waals surface area contributed by atoms with Gasteiger partial charge in [0.1, 0.15) is 6.61 Å². The van der Waals surface area contributed by atoms with Gasteiger partial charge in [0.2, 0.25) is 10.0 Å². The summed E-state index contributed by atoms with van der Waals surface area (Å²) in [6.45, 7) is 3.84. The van der Waals surface area contributed by atoms with Gasteiger partial charge >= 0.3 is 6.09 Å². The van der Waals surface area contributed by atoms with E-state index in [0.717, 1.165) is 10.4 Å². The van der Waals surface area contributed by atoms with Gasteiger partial charge in [-0.15, -0.1) is 11.3 Å². The number of nitrogen functional groups attached to an aromatic ring is 1. The van der Waals surface area contributed by atoms with Crippen LogP contribution in [-0.4, -0.2) is 54.1 Å². The van der Waals surface area contributed by atoms with Gasteiger partial charge < -0.3 is 20.9 Å². The molecule has 3 rings (SSSR count). The Hall–Kier alpha value is -2.99. The van der Waals surface area contributed by atoms with Crippen LogP contribution in [0.1, 0.15) is 30.7 Å². The van der Waals surface area contributed by atoms with Crippen LogP contribution in [0.4, 0.5) is 10.5 Å². The van der Waals surface area contributed by atoms with Crippen LogP contribution in [0.2, 0.25) is 0 Å². The minimum atomic E-state index is -3.94. The van der Waals surface area contributed by atoms with E-state index in [-0.39, 0.29) is 30.5 Å². The summed E-state index contributed by atoms with van der Waals surface area (Å²) in [5, 5.41) is 14.0. The van der Waals surface area contributed by atoms with Crippen LogP contribution >= 0.6 is 11.3 Å². The van der Waals surface area contributed by atoms with E-state index in [0.29, 0.717) is 18.5 Å². The second-order valence-corrected chi connectivity index (χ2v) is 12.1. The molecule has 0 saturated carbocycles. The van der Waals surface area contributed by atoms with Crippen LogP contribution < -0.4 is 11.1 Å². The van der Waals surface area contributed by atoms with E-state index < -0.39 is 28.3 Å². The molecular formula is C26H34N4O5S2. The van der Waals surface area contributed by atoms with Crippen molar-refractivity contribution < 1.29 is 23.1 Å². The number of hydrogen-bond donors (Lipinski definition) is 3. The number of carbonyl (C=O) groups is 1. The summed E-state index contributed by atoms with van der Waals surface area (Å²) in [5.41, 5.74) is 8.83. The summed E-state index contributed by atoms with van der Waals surface area (Å²) in [6, 6.07) is 15.0. The fourth-order valence-electron chi connectivity index (χ4n) is 3.81. The maximum Gasteiger partial charge on any atom is 0.407 e. The maximum absolute atomic E-state index is 13.5. The fourth-order valence-corrected chi connectivity index (χ4v) is 5.99. The molecule has 3 aromatic rings. The Kier molecular flexibility index (Phi) is 10.4. The lowest BCUT2D eigenvalue weighted by atomic mass is 10.0. The zero-order valence-electron chi connectivity index (χ0n) is 21.0. The highest BCUT2D eigenvalue weighted by atomic mass is 32.2. The Bertz CT molecular complexity index is 1220. The van der Waals surface area contributed by atoms with Crippen molar-refractivity contribution in [2.24, 2.45) is 5.92 Å². The van der Waals surface area contributed by atoms with Crippen molar-refractivity contribution in [1.29, 1.82) is 0 Å². The summed E-state index contributed by atoms with van der Waals surface area (Å²) in [4.78, 5) is 17.4. The number of carbonyl (C=O) groups excluding carboxylic acids is 1. The molecule has 0 saturated heterocycles. The van der Waals surface area contributed by atoms with Crippen molar-refractivity contribution in [2.45, 2.75) is 50.3 Å². The highest BCUT2D eigenvalue weighted by Gasteiger charge is 2.31. The lowest BCUT2D eigenvalue weighted by Crippen LogP contribution is -2.50. The molecule has 0 aliphatic rings. The first-order valence-corrected chi connectivity index (χ1v) is 14.4. The predicted octanol–water partition coefficient (Wildman–Crippen LogP) is 3.66. The molecule has 2 atom stereocenters. The minimum Gasteiger partial charge on any atom is -0.444 e. The van der Waals surface area contributed by atoms with Gasteiger partial charge in [0.15, 0.2) is 0 Å². The second kappa shape index (κ2) is 13.5. The molecule has 0 bridgehead atoms. The third-order valence-electron chi connectivity index (χ3n) is 5.64. The number of ether oxygens (including phenoxy) is 1. The van der Waals surface area contributed by atoms with Crippen LogP contribution in [0.15, 0.2) is 71.2 Å². The zero-order valence-corrected chi connectivity index (χ0v) is 22.6. The highest BCUT2D eigenvalue weighted by Crippen LogP contribution is 2.21. The number of hydrogen-bond acceptors (Lipinski definition) is 8. The molecule has 0 spiro atoms. The number of aliphatic hydroxyl groups excluding tert-OH is 1. The maximum atomic E-state index is 13.5. The number of nitrogens with zero attached hydrogens (tertiary/aromatic N) is 2. The Labute approximate surface area is 222 Å². The SMILES string of the molecule is CC(C)CN(C[C@@H](O)[C@H](CCc1ccccc1)NC(=O)OCc1cncs1)S(=O)(=O)c1cccc(N)c1. The molecule has 37 heavy (non-hydrogen) atoms. The van der Waals surface area contributed by atoms with E-state index in [4.69, 9.17) is 10.5 Å². The van der Waals surface area contributed by atoms with E-state index in [9.17, 15) is 18.3 Å². The normalized spacial score (nSPS) is 13.4. The van der Waals surface area contributed by atoms with Crippen LogP contribution in [0, 0.1) is 5.92 Å². The molecule has 9 nitrogen and oxygen atoms in total. The number of nitrogens with two attached hydrogens (primary N) is 1. The van der Waals surface area contributed by atoms with Gasteiger partial charge in [0.05, 0.1) is 27.4 Å². The number of nitrogens with one attached hydrogen (secondary N) is 1. The number of alkyl carbamates (subject to hydrolysis) is 1. The van der Waals surface area contributed by atoms with E-state index in [2.05, 4.69) is 10.3 Å². The summed E-state index contributed by atoms with van der Waals surface area (Å²) < 4.78 is 33.5. The highest BCUT2D eigenvalue weighted by molar-refractivity contribution is 7.89. The van der Waals surface area contributed by atoms with Crippen molar-refractivity contribution in [3.05, 3.63) is 76.7 Å². The Morgan fingerprint density at radius 2 is 1.92 bits per heavy atom. The van der Waals surface area contributed by atoms with E-state index in [1.54, 1.807) is 23.8 Å². The summed E-state index contributed by atoms with van der Waals surface area (Å²) in [7, 11) is -3.94. The smallest absolute Gasteiger partial charge is 0.407 e. The van der Waals surface area contributed by atoms with Crippen molar-refractivity contribution in [1.82, 2.24) is 14.6 Å². The number of rotatable bonds is 13. The number of benzene rings is 2. The minimum absolute atomic E-state index is 0.00290. The van der Waals surface area contributed by atoms with Crippen molar-refractivity contribution in [3.8, 4) is 0 Å². The molecular weight excluding hydrogens is 512 g/mol. The molecule has 0 aliphatic heterocycles. The van der Waals surface area contributed by atoms with Gasteiger partial charge in [-0.3, -0.25) is 4.98 Å². The lowest BCUT2D eigenvalue weighted by Gasteiger charge is -2.30. The largest absolute Gasteiger partial charge is 0.444 e. The predicted molar refractivity (Wildman–Crippen MR) is 144 cm³/mol. The average molecular weight is 547 g/mol. The summed E-state index contributed by atoms with van der Waals surface area (Å²) >= 11 is 1.37. The summed E-state index contributed by atoms with van der Waals surface area (Å²) in [5.74, 6) is 0.00290. The fraction of sp³-hybridized carbons (Fsp3) is 0.385. The first-order chi connectivity index (χ1) is 17.6. The molecule has 0 fully saturated rings. The monoisotopic (exact) mass is 546 g/mol. The molecule has 200 valence electrons. The van der Waals surface area contributed by atoms with Gasteiger partial charge in [-0.2, -0.15) is 4.31 Å². The molecule has 0 aliphatic carbocycles. The van der Waals surface area contributed by atoms with E-state index >= 15 is 0 Å². The van der Waals surface area contributed by atoms with Gasteiger partial charge in [-0.1, -0.05) is 50.2 Å². The van der Waals surface area contributed by atoms with Crippen LogP contribution in [0.25, 0.3) is 0 Å². The van der Waals surface area contributed by atoms with Gasteiger partial charge in [0, 0.05) is 25.0 Å². The Morgan fingerprint density at radius 1 is 1.16 bits per heavy atom. The Morgan fingerprint density at radius 3 is 2.57 bits per heavy atom. The number of thiazole rings is 1. The lowest BCUT2D eigenvalue weighted by molar-refractivity contribution is 0.0849. The molecule has 1 aromatic heterocycles. The second-order valence-electron chi connectivity index (χ2n) is 9.17. The zero-order chi connectivity index (χ0) is 26.8. The number of anilines is 1. The number of amides is 1. The number of aliphatic hydroxyl groups is 1. The molecule has 11 heteroatoms. The standard InChI is InChI=1S/C26H34N4O5S2/c1-19(2)15-30(37(33,34)23-10-6-9-21(27)13-23)16-25(31)24(12-11-20-7-4-3-5-8-20)29-26(32)35-17-22-14-28-18-36-22/h3-10,13-14,18-19,24-25,31H,11-12,15-17,27H2,1-2H3,(H,29,32)/t24-,25+/m0/s1. The van der Waals surface area contributed by atoms with E-state index in [1.165, 1.54) is 27.8 Å². The van der Waals surface area contributed by atoms with Gasteiger partial charge in [-0.25, -0.2) is 13.2 Å². The van der Waals surface area contributed by atoms with Gasteiger partial charge in [0.25, 0.3) is 0 Å². The van der Waals surface area contributed by atoms with Crippen molar-refractivity contribution >= 4 is 33.1 Å². The van der Waals surface area contributed by atoms with Gasteiger partial charge in [-0.05, 0) is 42.5 Å². The van der Waals surface area contributed by atoms with Crippen molar-refractivity contribution in [3.63, 3.8) is 0 Å². The number of aromatic nitrogens is 1. The molecule has 0 radical (unpaired) electrons. The first kappa shape index (κ1) is 28.6. The average Bonchev–Trinajstić information content (AvgIpc) is 3.39. The molecule has 4 N–H and O–H groups in total. The third-order valence-corrected chi connectivity index (χ3v) is 8.22. The summed E-state index contributed by atoms with van der Waals surface area (Å²) in [6.07, 6.45) is 0.692. The van der Waals surface area contributed by atoms with Crippen LogP contribution in [-0.2, 0) is 27.8 Å². The van der Waals surface area contributed by atoms with Crippen molar-refractivity contribution in [2.75, 3.05) is 18.8 Å². The van der Waals surface area contributed by atoms with E-state index in [1.807, 2.05) is 44.2 Å².